The van der Waals surface area contributed by atoms with Gasteiger partial charge in [-0.3, -0.25) is 0 Å². The van der Waals surface area contributed by atoms with Crippen molar-refractivity contribution >= 4 is 6.03 Å². The van der Waals surface area contributed by atoms with E-state index in [-0.39, 0.29) is 24.0 Å². The zero-order valence-electron chi connectivity index (χ0n) is 9.25. The Labute approximate surface area is 90.8 Å². The van der Waals surface area contributed by atoms with Crippen LogP contribution in [0.5, 0.6) is 0 Å². The highest BCUT2D eigenvalue weighted by molar-refractivity contribution is 5.75. The molecule has 4 heteroatoms. The predicted octanol–water partition coefficient (Wildman–Crippen LogP) is 0.732. The molecular formula is C11H18N2O2. The first-order chi connectivity index (χ1) is 7.13. The second-order valence-electron chi connectivity index (χ2n) is 4.07. The van der Waals surface area contributed by atoms with Crippen LogP contribution in [0.4, 0.5) is 4.79 Å². The van der Waals surface area contributed by atoms with Crippen molar-refractivity contribution in [2.45, 2.75) is 32.4 Å². The molecule has 0 aromatic heterocycles. The van der Waals surface area contributed by atoms with Crippen molar-refractivity contribution in [2.24, 2.45) is 5.92 Å². The van der Waals surface area contributed by atoms with Gasteiger partial charge in [-0.15, -0.1) is 6.42 Å². The Balaban J connectivity index is 2.31. The number of hydrogen-bond acceptors (Lipinski definition) is 2. The summed E-state index contributed by atoms with van der Waals surface area (Å²) in [6.45, 7) is 5.26. The lowest BCUT2D eigenvalue weighted by atomic mass is 10.1. The minimum Gasteiger partial charge on any atom is -0.379 e. The van der Waals surface area contributed by atoms with E-state index in [1.807, 2.05) is 13.8 Å². The van der Waals surface area contributed by atoms with Gasteiger partial charge >= 0.3 is 6.03 Å². The third-order valence-corrected chi connectivity index (χ3v) is 2.40. The number of carbonyl (C=O) groups is 1. The molecule has 0 unspecified atom stereocenters. The summed E-state index contributed by atoms with van der Waals surface area (Å²) in [4.78, 5) is 11.5. The van der Waals surface area contributed by atoms with Gasteiger partial charge in [-0.25, -0.2) is 4.79 Å². The van der Waals surface area contributed by atoms with Gasteiger partial charge in [-0.05, 0) is 12.3 Å². The molecule has 2 amide bonds. The largest absolute Gasteiger partial charge is 0.379 e. The Morgan fingerprint density at radius 2 is 2.33 bits per heavy atom. The van der Waals surface area contributed by atoms with Gasteiger partial charge in [-0.1, -0.05) is 19.8 Å². The van der Waals surface area contributed by atoms with Crippen molar-refractivity contribution in [2.75, 3.05) is 13.2 Å². The molecule has 4 nitrogen and oxygen atoms in total. The van der Waals surface area contributed by atoms with Gasteiger partial charge in [0.05, 0.1) is 18.7 Å². The molecule has 84 valence electrons. The van der Waals surface area contributed by atoms with Crippen molar-refractivity contribution < 1.29 is 9.53 Å². The summed E-state index contributed by atoms with van der Waals surface area (Å²) in [5.41, 5.74) is 0. The van der Waals surface area contributed by atoms with E-state index >= 15 is 0 Å². The molecule has 0 aromatic carbocycles. The first-order valence-corrected chi connectivity index (χ1v) is 5.24. The highest BCUT2D eigenvalue weighted by Crippen LogP contribution is 2.03. The van der Waals surface area contributed by atoms with Crippen LogP contribution >= 0.6 is 0 Å². The van der Waals surface area contributed by atoms with Gasteiger partial charge in [0.2, 0.25) is 0 Å². The van der Waals surface area contributed by atoms with Crippen molar-refractivity contribution in [3.8, 4) is 12.3 Å². The van der Waals surface area contributed by atoms with Crippen LogP contribution in [0.3, 0.4) is 0 Å². The zero-order valence-corrected chi connectivity index (χ0v) is 9.25. The molecule has 1 rings (SSSR count). The van der Waals surface area contributed by atoms with Gasteiger partial charge in [0.1, 0.15) is 0 Å². The Bertz CT molecular complexity index is 252. The number of carbonyl (C=O) groups excluding carboxylic acids is 1. The molecule has 0 saturated carbocycles. The third-order valence-electron chi connectivity index (χ3n) is 2.40. The predicted molar refractivity (Wildman–Crippen MR) is 58.4 cm³/mol. The quantitative estimate of drug-likeness (QED) is 0.675. The minimum atomic E-state index is -0.215. The highest BCUT2D eigenvalue weighted by atomic mass is 16.5. The van der Waals surface area contributed by atoms with Crippen LogP contribution in [0.25, 0.3) is 0 Å². The number of terminal acetylenes is 1. The number of amides is 2. The highest BCUT2D eigenvalue weighted by Gasteiger charge is 2.19. The topological polar surface area (TPSA) is 50.4 Å². The molecule has 0 aromatic rings. The lowest BCUT2D eigenvalue weighted by molar-refractivity contribution is 0.188. The maximum atomic E-state index is 11.5. The monoisotopic (exact) mass is 210 g/mol. The fourth-order valence-electron chi connectivity index (χ4n) is 1.42. The van der Waals surface area contributed by atoms with E-state index in [4.69, 9.17) is 11.2 Å². The van der Waals surface area contributed by atoms with E-state index in [0.29, 0.717) is 13.2 Å². The summed E-state index contributed by atoms with van der Waals surface area (Å²) in [6, 6.07) is -0.301. The maximum absolute atomic E-state index is 11.5. The summed E-state index contributed by atoms with van der Waals surface area (Å²) >= 11 is 0. The maximum Gasteiger partial charge on any atom is 0.316 e. The van der Waals surface area contributed by atoms with Crippen LogP contribution < -0.4 is 10.6 Å². The third kappa shape index (κ3) is 3.80. The molecule has 0 bridgehead atoms. The summed E-state index contributed by atoms with van der Waals surface area (Å²) < 4.78 is 5.15. The fraction of sp³-hybridized carbons (Fsp3) is 0.727. The van der Waals surface area contributed by atoms with Gasteiger partial charge in [0.25, 0.3) is 0 Å². The molecule has 1 saturated heterocycles. The summed E-state index contributed by atoms with van der Waals surface area (Å²) in [7, 11) is 0. The van der Waals surface area contributed by atoms with Crippen molar-refractivity contribution in [1.82, 2.24) is 10.6 Å². The molecule has 0 spiro atoms. The lowest BCUT2D eigenvalue weighted by Crippen LogP contribution is -2.47. The molecule has 1 fully saturated rings. The molecule has 1 aliphatic heterocycles. The average molecular weight is 210 g/mol. The molecular weight excluding hydrogens is 192 g/mol. The van der Waals surface area contributed by atoms with Crippen molar-refractivity contribution in [1.29, 1.82) is 0 Å². The first kappa shape index (κ1) is 11.9. The van der Waals surface area contributed by atoms with E-state index in [9.17, 15) is 4.79 Å². The van der Waals surface area contributed by atoms with Crippen LogP contribution in [-0.2, 0) is 4.74 Å². The van der Waals surface area contributed by atoms with E-state index < -0.39 is 0 Å². The van der Waals surface area contributed by atoms with E-state index in [2.05, 4.69) is 16.6 Å². The number of ether oxygens (including phenoxy) is 1. The average Bonchev–Trinajstić information content (AvgIpc) is 2.66. The molecule has 1 heterocycles. The van der Waals surface area contributed by atoms with Crippen LogP contribution in [0.15, 0.2) is 0 Å². The molecule has 15 heavy (non-hydrogen) atoms. The SMILES string of the molecule is C#C[C@@H](NC(=O)N[C@@H]1CCOC1)C(C)C. The van der Waals surface area contributed by atoms with Gasteiger partial charge in [0.15, 0.2) is 0 Å². The molecule has 2 atom stereocenters. The summed E-state index contributed by atoms with van der Waals surface area (Å²) in [6.07, 6.45) is 6.18. The second-order valence-corrected chi connectivity index (χ2v) is 4.07. The Hall–Kier alpha value is -1.21. The lowest BCUT2D eigenvalue weighted by Gasteiger charge is -2.18. The van der Waals surface area contributed by atoms with E-state index in [0.717, 1.165) is 6.42 Å². The molecule has 0 aliphatic carbocycles. The first-order valence-electron chi connectivity index (χ1n) is 5.24. The van der Waals surface area contributed by atoms with Crippen LogP contribution in [0.2, 0.25) is 0 Å². The number of rotatable bonds is 3. The second kappa shape index (κ2) is 5.62. The zero-order chi connectivity index (χ0) is 11.3. The normalized spacial score (nSPS) is 22.1. The standard InChI is InChI=1S/C11H18N2O2/c1-4-10(8(2)3)13-11(14)12-9-5-6-15-7-9/h1,8-10H,5-7H2,2-3H3,(H2,12,13,14)/t9-,10-/m1/s1. The number of hydrogen-bond donors (Lipinski definition) is 2. The van der Waals surface area contributed by atoms with E-state index in [1.54, 1.807) is 0 Å². The smallest absolute Gasteiger partial charge is 0.316 e. The minimum absolute atomic E-state index is 0.121. The van der Waals surface area contributed by atoms with Gasteiger partial charge in [0, 0.05) is 6.61 Å². The van der Waals surface area contributed by atoms with Gasteiger partial charge < -0.3 is 15.4 Å². The van der Waals surface area contributed by atoms with Crippen LogP contribution in [0, 0.1) is 18.3 Å². The molecule has 0 radical (unpaired) electrons. The summed E-state index contributed by atoms with van der Waals surface area (Å²) in [5, 5.41) is 5.58. The number of nitrogens with one attached hydrogen (secondary N) is 2. The summed E-state index contributed by atoms with van der Waals surface area (Å²) in [5.74, 6) is 2.79. The molecule has 1 aliphatic rings. The van der Waals surface area contributed by atoms with Crippen molar-refractivity contribution in [3.63, 3.8) is 0 Å². The van der Waals surface area contributed by atoms with Crippen LogP contribution in [0.1, 0.15) is 20.3 Å². The molecule has 2 N–H and O–H groups in total. The number of urea groups is 1. The van der Waals surface area contributed by atoms with Crippen molar-refractivity contribution in [3.05, 3.63) is 0 Å². The van der Waals surface area contributed by atoms with E-state index in [1.165, 1.54) is 0 Å². The van der Waals surface area contributed by atoms with Crippen LogP contribution in [-0.4, -0.2) is 31.3 Å². The fourth-order valence-corrected chi connectivity index (χ4v) is 1.42. The Morgan fingerprint density at radius 3 is 2.80 bits per heavy atom. The Morgan fingerprint density at radius 1 is 1.60 bits per heavy atom. The van der Waals surface area contributed by atoms with Gasteiger partial charge in [-0.2, -0.15) is 0 Å². The Kier molecular flexibility index (Phi) is 4.44.